The molecule has 0 aromatic heterocycles. The molecule has 2 rings (SSSR count). The fourth-order valence-electron chi connectivity index (χ4n) is 1.21. The number of hydrogen-bond acceptors (Lipinski definition) is 0. The molecule has 0 fully saturated rings. The molecule has 0 atom stereocenters. The van der Waals surface area contributed by atoms with E-state index in [1.807, 2.05) is 0 Å². The smallest absolute Gasteiger partial charge is 1.00 e. The van der Waals surface area contributed by atoms with E-state index in [9.17, 15) is 26.3 Å². The molecule has 0 saturated carbocycles. The van der Waals surface area contributed by atoms with Crippen molar-refractivity contribution < 1.29 is 43.3 Å². The van der Waals surface area contributed by atoms with E-state index < -0.39 is 23.5 Å². The van der Waals surface area contributed by atoms with Gasteiger partial charge < -0.3 is 17.0 Å². The van der Waals surface area contributed by atoms with Gasteiger partial charge in [-0.1, -0.05) is 21.5 Å². The Kier molecular flexibility index (Phi) is 11.5. The molecule has 0 saturated heterocycles. The predicted molar refractivity (Wildman–Crippen MR) is 75.2 cm³/mol. The van der Waals surface area contributed by atoms with Crippen LogP contribution in [0.25, 0.3) is 0 Å². The molecule has 122 valence electrons. The molecule has 23 heavy (non-hydrogen) atoms. The molecule has 0 spiro atoms. The third kappa shape index (κ3) is 9.58. The zero-order valence-electron chi connectivity index (χ0n) is 11.3. The third-order valence-corrected chi connectivity index (χ3v) is 2.75. The van der Waals surface area contributed by atoms with Gasteiger partial charge in [-0.25, -0.2) is 0 Å². The molecule has 0 unspecified atom stereocenters. The molecule has 2 aromatic carbocycles. The van der Waals surface area contributed by atoms with Gasteiger partial charge in [-0.2, -0.15) is 56.7 Å². The van der Waals surface area contributed by atoms with Crippen LogP contribution >= 0.6 is 15.9 Å². The Morgan fingerprint density at radius 1 is 0.696 bits per heavy atom. The van der Waals surface area contributed by atoms with E-state index in [1.165, 1.54) is 24.3 Å². The first-order valence-corrected chi connectivity index (χ1v) is 6.26. The summed E-state index contributed by atoms with van der Waals surface area (Å²) in [7, 11) is 0. The number of hydrogen-bond donors (Lipinski definition) is 0. The van der Waals surface area contributed by atoms with Crippen LogP contribution in [-0.4, -0.2) is 23.1 Å². The Bertz CT molecular complexity index is 552. The van der Waals surface area contributed by atoms with E-state index in [0.29, 0.717) is 4.47 Å². The summed E-state index contributed by atoms with van der Waals surface area (Å²) < 4.78 is 71.7. The molecule has 0 amide bonds. The third-order valence-electron chi connectivity index (χ3n) is 2.22. The summed E-state index contributed by atoms with van der Waals surface area (Å²) in [5.74, 6) is 0. The van der Waals surface area contributed by atoms with Gasteiger partial charge in [-0.05, 0) is 24.3 Å². The standard InChI is InChI=1S/C7H4BrF3.C7H4F3.BrH.Mg/c8-6-3-1-5(2-4-6)7(9,10)11;8-7(9,10)6-4-2-1-3-5-6;;/h1-4H;2-5H;1H;/q;-1;;+2/p-1. The van der Waals surface area contributed by atoms with Gasteiger partial charge in [0.1, 0.15) is 0 Å². The van der Waals surface area contributed by atoms with Crippen molar-refractivity contribution in [3.05, 3.63) is 70.2 Å². The molecule has 0 aliphatic carbocycles. The van der Waals surface area contributed by atoms with Crippen LogP contribution < -0.4 is 17.0 Å². The first-order valence-electron chi connectivity index (χ1n) is 5.47. The van der Waals surface area contributed by atoms with Crippen LogP contribution in [-0.2, 0) is 12.4 Å². The summed E-state index contributed by atoms with van der Waals surface area (Å²) in [5.41, 5.74) is -1.26. The van der Waals surface area contributed by atoms with Crippen molar-refractivity contribution in [1.82, 2.24) is 0 Å². The van der Waals surface area contributed by atoms with E-state index >= 15 is 0 Å². The van der Waals surface area contributed by atoms with Gasteiger partial charge in [0, 0.05) is 4.47 Å². The molecule has 0 nitrogen and oxygen atoms in total. The van der Waals surface area contributed by atoms with Crippen LogP contribution in [0.5, 0.6) is 0 Å². The summed E-state index contributed by atoms with van der Waals surface area (Å²) in [6.45, 7) is 0. The van der Waals surface area contributed by atoms with E-state index in [4.69, 9.17) is 0 Å². The maximum Gasteiger partial charge on any atom is 2.00 e. The van der Waals surface area contributed by atoms with E-state index in [0.717, 1.165) is 24.3 Å². The predicted octanol–water partition coefficient (Wildman–Crippen LogP) is 2.60. The van der Waals surface area contributed by atoms with Crippen LogP contribution in [0.3, 0.4) is 0 Å². The van der Waals surface area contributed by atoms with Gasteiger partial charge in [-0.15, -0.1) is 0 Å². The van der Waals surface area contributed by atoms with Crippen molar-refractivity contribution >= 4 is 39.0 Å². The average Bonchev–Trinajstić information content (AvgIpc) is 2.39. The molecular formula is C14H8Br2F6Mg. The quantitative estimate of drug-likeness (QED) is 0.313. The van der Waals surface area contributed by atoms with Crippen molar-refractivity contribution in [2.24, 2.45) is 0 Å². The van der Waals surface area contributed by atoms with Gasteiger partial charge in [0.2, 0.25) is 0 Å². The van der Waals surface area contributed by atoms with Gasteiger partial charge in [0.25, 0.3) is 0 Å². The van der Waals surface area contributed by atoms with Crippen molar-refractivity contribution in [3.63, 3.8) is 0 Å². The minimum Gasteiger partial charge on any atom is -1.00 e. The fraction of sp³-hybridized carbons (Fsp3) is 0.143. The van der Waals surface area contributed by atoms with Gasteiger partial charge in [0.05, 0.1) is 5.56 Å². The molecule has 0 aliphatic rings. The van der Waals surface area contributed by atoms with Crippen molar-refractivity contribution in [3.8, 4) is 0 Å². The number of rotatable bonds is 0. The minimum atomic E-state index is -4.24. The fourth-order valence-corrected chi connectivity index (χ4v) is 1.48. The van der Waals surface area contributed by atoms with Gasteiger partial charge in [0.15, 0.2) is 0 Å². The molecule has 0 bridgehead atoms. The summed E-state index contributed by atoms with van der Waals surface area (Å²) in [6, 6.07) is 11.7. The van der Waals surface area contributed by atoms with Crippen LogP contribution in [0.1, 0.15) is 11.1 Å². The number of benzene rings is 2. The molecule has 0 aliphatic heterocycles. The van der Waals surface area contributed by atoms with Crippen molar-refractivity contribution in [1.29, 1.82) is 0 Å². The van der Waals surface area contributed by atoms with E-state index in [-0.39, 0.29) is 40.0 Å². The summed E-state index contributed by atoms with van der Waals surface area (Å²) in [5, 5.41) is 0. The number of halogens is 8. The summed E-state index contributed by atoms with van der Waals surface area (Å²) in [4.78, 5) is 0. The second-order valence-corrected chi connectivity index (χ2v) is 4.71. The molecule has 0 heterocycles. The van der Waals surface area contributed by atoms with Crippen LogP contribution in [0, 0.1) is 6.07 Å². The normalized spacial score (nSPS) is 10.6. The maximum atomic E-state index is 11.9. The molecule has 0 N–H and O–H groups in total. The van der Waals surface area contributed by atoms with Gasteiger partial charge in [-0.3, -0.25) is 0 Å². The zero-order valence-corrected chi connectivity index (χ0v) is 15.9. The van der Waals surface area contributed by atoms with Crippen LogP contribution in [0.2, 0.25) is 0 Å². The first kappa shape index (κ1) is 25.0. The van der Waals surface area contributed by atoms with Crippen LogP contribution in [0.4, 0.5) is 26.3 Å². The minimum absolute atomic E-state index is 0. The number of alkyl halides is 6. The molecule has 9 heteroatoms. The van der Waals surface area contributed by atoms with Gasteiger partial charge >= 0.3 is 35.4 Å². The zero-order chi connectivity index (χ0) is 16.1. The summed E-state index contributed by atoms with van der Waals surface area (Å²) in [6.07, 6.45) is -8.46. The largest absolute Gasteiger partial charge is 2.00 e. The summed E-state index contributed by atoms with van der Waals surface area (Å²) >= 11 is 3.04. The SMILES string of the molecule is FC(F)(F)c1cc[c-]cc1.FC(F)(F)c1ccc(Br)cc1.[Br-].[Mg+2]. The Hall–Kier alpha value is -0.254. The van der Waals surface area contributed by atoms with Crippen molar-refractivity contribution in [2.75, 3.05) is 0 Å². The maximum absolute atomic E-state index is 11.9. The Balaban J connectivity index is 0. The Labute approximate surface area is 164 Å². The Morgan fingerprint density at radius 2 is 1.04 bits per heavy atom. The van der Waals surface area contributed by atoms with E-state index in [2.05, 4.69) is 22.0 Å². The molecule has 0 radical (unpaired) electrons. The van der Waals surface area contributed by atoms with Crippen molar-refractivity contribution in [2.45, 2.75) is 12.4 Å². The second-order valence-electron chi connectivity index (χ2n) is 3.79. The molecular weight excluding hydrogens is 466 g/mol. The monoisotopic (exact) mass is 472 g/mol. The average molecular weight is 474 g/mol. The second kappa shape index (κ2) is 10.6. The van der Waals surface area contributed by atoms with Crippen LogP contribution in [0.15, 0.2) is 53.0 Å². The molecule has 2 aromatic rings. The van der Waals surface area contributed by atoms with E-state index in [1.54, 1.807) is 0 Å². The first-order chi connectivity index (χ1) is 9.60. The topological polar surface area (TPSA) is 0 Å². The Morgan fingerprint density at radius 3 is 1.35 bits per heavy atom.